The number of piperazine rings is 1. The third kappa shape index (κ3) is 2.74. The fraction of sp³-hybridized carbons (Fsp3) is 0.364. The van der Waals surface area contributed by atoms with Gasteiger partial charge in [0.2, 0.25) is 17.6 Å². The van der Waals surface area contributed by atoms with E-state index < -0.39 is 22.8 Å². The molecule has 1 unspecified atom stereocenters. The molecule has 1 aromatic rings. The van der Waals surface area contributed by atoms with E-state index in [2.05, 4.69) is 15.7 Å². The third-order valence-electron chi connectivity index (χ3n) is 3.11. The Bertz CT molecular complexity index is 604. The number of rotatable bonds is 4. The highest BCUT2D eigenvalue weighted by atomic mass is 16.6. The zero-order valence-electron chi connectivity index (χ0n) is 11.2. The van der Waals surface area contributed by atoms with Gasteiger partial charge < -0.3 is 10.3 Å². The molecule has 0 aromatic carbocycles. The molecule has 1 aliphatic rings. The Kier molecular flexibility index (Phi) is 3.98. The number of nitrogens with zero attached hydrogens (tertiary/aromatic N) is 3. The second-order valence-corrected chi connectivity index (χ2v) is 4.41. The number of nitrogens with two attached hydrogens (primary N) is 1. The smallest absolute Gasteiger partial charge is 0.311 e. The van der Waals surface area contributed by atoms with E-state index in [0.717, 1.165) is 0 Å². The third-order valence-corrected chi connectivity index (χ3v) is 3.11. The number of nitro groups is 1. The van der Waals surface area contributed by atoms with Crippen LogP contribution in [-0.2, 0) is 9.59 Å². The standard InChI is InChI=1S/C11H14N6O4/c1-2-6-11(19)14-9(18)5-16(6)10-7(17(20)21)3-4-8(13-10)15-12/h3-4,6H,2,5,12H2,1H3,(H,13,15)(H,14,18,19). The summed E-state index contributed by atoms with van der Waals surface area (Å²) in [6.45, 7) is 1.55. The Morgan fingerprint density at radius 2 is 2.29 bits per heavy atom. The Morgan fingerprint density at radius 3 is 2.86 bits per heavy atom. The zero-order valence-corrected chi connectivity index (χ0v) is 11.2. The van der Waals surface area contributed by atoms with E-state index in [0.29, 0.717) is 6.42 Å². The average Bonchev–Trinajstić information content (AvgIpc) is 2.45. The number of hydrogen-bond acceptors (Lipinski definition) is 8. The van der Waals surface area contributed by atoms with E-state index in [9.17, 15) is 19.7 Å². The summed E-state index contributed by atoms with van der Waals surface area (Å²) in [4.78, 5) is 39.2. The molecule has 2 heterocycles. The van der Waals surface area contributed by atoms with Gasteiger partial charge in [0.05, 0.1) is 11.5 Å². The summed E-state index contributed by atoms with van der Waals surface area (Å²) >= 11 is 0. The zero-order chi connectivity index (χ0) is 15.6. The molecule has 1 aromatic heterocycles. The minimum Gasteiger partial charge on any atom is -0.329 e. The molecule has 4 N–H and O–H groups in total. The molecule has 0 bridgehead atoms. The SMILES string of the molecule is CCC1C(=O)NC(=O)CN1c1nc(NN)ccc1[N+](=O)[O-]. The Morgan fingerprint density at radius 1 is 1.57 bits per heavy atom. The van der Waals surface area contributed by atoms with Gasteiger partial charge in [0.1, 0.15) is 11.9 Å². The number of aromatic nitrogens is 1. The number of hydrogen-bond donors (Lipinski definition) is 3. The van der Waals surface area contributed by atoms with Crippen LogP contribution in [0, 0.1) is 10.1 Å². The van der Waals surface area contributed by atoms with Gasteiger partial charge in [-0.2, -0.15) is 0 Å². The quantitative estimate of drug-likeness (QED) is 0.292. The molecule has 0 saturated carbocycles. The molecule has 1 saturated heterocycles. The van der Waals surface area contributed by atoms with Crippen molar-refractivity contribution in [2.75, 3.05) is 16.9 Å². The van der Waals surface area contributed by atoms with E-state index in [1.54, 1.807) is 6.92 Å². The molecular formula is C11H14N6O4. The van der Waals surface area contributed by atoms with Crippen molar-refractivity contribution in [2.45, 2.75) is 19.4 Å². The first kappa shape index (κ1) is 14.7. The van der Waals surface area contributed by atoms with Crippen molar-refractivity contribution in [2.24, 2.45) is 5.84 Å². The molecule has 1 atom stereocenters. The second kappa shape index (κ2) is 5.71. The fourth-order valence-electron chi connectivity index (χ4n) is 2.17. The highest BCUT2D eigenvalue weighted by Crippen LogP contribution is 2.30. The summed E-state index contributed by atoms with van der Waals surface area (Å²) in [5.74, 6) is 4.34. The van der Waals surface area contributed by atoms with Gasteiger partial charge in [-0.1, -0.05) is 6.92 Å². The van der Waals surface area contributed by atoms with Crippen LogP contribution < -0.4 is 21.5 Å². The molecule has 0 radical (unpaired) electrons. The summed E-state index contributed by atoms with van der Waals surface area (Å²) < 4.78 is 0. The normalized spacial score (nSPS) is 18.4. The minimum absolute atomic E-state index is 0.0644. The van der Waals surface area contributed by atoms with Gasteiger partial charge in [0.25, 0.3) is 0 Å². The summed E-state index contributed by atoms with van der Waals surface area (Å²) in [5.41, 5.74) is 1.99. The maximum atomic E-state index is 11.8. The summed E-state index contributed by atoms with van der Waals surface area (Å²) in [6, 6.07) is 1.86. The molecule has 2 rings (SSSR count). The monoisotopic (exact) mass is 294 g/mol. The predicted octanol–water partition coefficient (Wildman–Crippen LogP) is -0.483. The van der Waals surface area contributed by atoms with Gasteiger partial charge in [-0.15, -0.1) is 0 Å². The van der Waals surface area contributed by atoms with Gasteiger partial charge in [-0.25, -0.2) is 10.8 Å². The van der Waals surface area contributed by atoms with Gasteiger partial charge in [0, 0.05) is 6.07 Å². The number of pyridine rings is 1. The molecule has 21 heavy (non-hydrogen) atoms. The van der Waals surface area contributed by atoms with Crippen LogP contribution in [0.15, 0.2) is 12.1 Å². The Balaban J connectivity index is 2.53. The lowest BCUT2D eigenvalue weighted by Crippen LogP contribution is -2.58. The molecule has 2 amide bonds. The second-order valence-electron chi connectivity index (χ2n) is 4.41. The van der Waals surface area contributed by atoms with E-state index in [1.807, 2.05) is 0 Å². The van der Waals surface area contributed by atoms with E-state index in [1.165, 1.54) is 17.0 Å². The lowest BCUT2D eigenvalue weighted by molar-refractivity contribution is -0.384. The summed E-state index contributed by atoms with van der Waals surface area (Å²) in [7, 11) is 0. The Hall–Kier alpha value is -2.75. The number of nitrogen functional groups attached to an aromatic ring is 1. The van der Waals surface area contributed by atoms with Gasteiger partial charge in [0.15, 0.2) is 0 Å². The molecule has 1 fully saturated rings. The minimum atomic E-state index is -0.707. The molecule has 1 aliphatic heterocycles. The fourth-order valence-corrected chi connectivity index (χ4v) is 2.17. The highest BCUT2D eigenvalue weighted by Gasteiger charge is 2.36. The molecule has 0 aliphatic carbocycles. The van der Waals surface area contributed by atoms with Crippen molar-refractivity contribution in [3.05, 3.63) is 22.2 Å². The number of hydrazine groups is 1. The largest absolute Gasteiger partial charge is 0.329 e. The van der Waals surface area contributed by atoms with Crippen molar-refractivity contribution in [1.29, 1.82) is 0 Å². The number of amides is 2. The molecule has 112 valence electrons. The van der Waals surface area contributed by atoms with E-state index >= 15 is 0 Å². The van der Waals surface area contributed by atoms with Crippen molar-refractivity contribution >= 4 is 29.1 Å². The lowest BCUT2D eigenvalue weighted by Gasteiger charge is -2.33. The van der Waals surface area contributed by atoms with Crippen LogP contribution >= 0.6 is 0 Å². The number of carbonyl (C=O) groups is 2. The van der Waals surface area contributed by atoms with Crippen LogP contribution in [0.1, 0.15) is 13.3 Å². The lowest BCUT2D eigenvalue weighted by atomic mass is 10.1. The van der Waals surface area contributed by atoms with Crippen LogP contribution in [0.25, 0.3) is 0 Å². The Labute approximate surface area is 119 Å². The van der Waals surface area contributed by atoms with Gasteiger partial charge in [-0.3, -0.25) is 25.0 Å². The maximum Gasteiger partial charge on any atom is 0.311 e. The number of nitrogens with one attached hydrogen (secondary N) is 2. The van der Waals surface area contributed by atoms with E-state index in [-0.39, 0.29) is 23.9 Å². The van der Waals surface area contributed by atoms with Crippen molar-refractivity contribution in [1.82, 2.24) is 10.3 Å². The van der Waals surface area contributed by atoms with Gasteiger partial charge in [-0.05, 0) is 12.5 Å². The summed E-state index contributed by atoms with van der Waals surface area (Å²) in [5, 5.41) is 13.3. The van der Waals surface area contributed by atoms with Crippen LogP contribution in [0.5, 0.6) is 0 Å². The van der Waals surface area contributed by atoms with Crippen molar-refractivity contribution < 1.29 is 14.5 Å². The van der Waals surface area contributed by atoms with Gasteiger partial charge >= 0.3 is 5.69 Å². The highest BCUT2D eigenvalue weighted by molar-refractivity contribution is 6.04. The van der Waals surface area contributed by atoms with Crippen LogP contribution in [-0.4, -0.2) is 34.3 Å². The molecule has 10 heteroatoms. The first-order chi connectivity index (χ1) is 9.97. The number of carbonyl (C=O) groups excluding carboxylic acids is 2. The molecule has 0 spiro atoms. The summed E-state index contributed by atoms with van der Waals surface area (Å²) in [6.07, 6.45) is 0.373. The van der Waals surface area contributed by atoms with Crippen molar-refractivity contribution in [3.63, 3.8) is 0 Å². The molecule has 10 nitrogen and oxygen atoms in total. The van der Waals surface area contributed by atoms with Crippen LogP contribution in [0.2, 0.25) is 0 Å². The number of imide groups is 1. The van der Waals surface area contributed by atoms with E-state index in [4.69, 9.17) is 5.84 Å². The average molecular weight is 294 g/mol. The van der Waals surface area contributed by atoms with Crippen LogP contribution in [0.3, 0.4) is 0 Å². The predicted molar refractivity (Wildman–Crippen MR) is 73.3 cm³/mol. The maximum absolute atomic E-state index is 11.8. The molecular weight excluding hydrogens is 280 g/mol. The number of anilines is 2. The van der Waals surface area contributed by atoms with Crippen molar-refractivity contribution in [3.8, 4) is 0 Å². The topological polar surface area (TPSA) is 143 Å². The van der Waals surface area contributed by atoms with Crippen LogP contribution in [0.4, 0.5) is 17.3 Å². The first-order valence-corrected chi connectivity index (χ1v) is 6.20. The first-order valence-electron chi connectivity index (χ1n) is 6.20.